The third-order valence-corrected chi connectivity index (χ3v) is 1.88. The maximum absolute atomic E-state index is 8.97. The van der Waals surface area contributed by atoms with E-state index in [1.165, 1.54) is 11.1 Å². The third kappa shape index (κ3) is 6.47. The van der Waals surface area contributed by atoms with Crippen LogP contribution in [-0.4, -0.2) is 13.0 Å². The first kappa shape index (κ1) is 13.4. The highest BCUT2D eigenvalue weighted by Crippen LogP contribution is 2.17. The molecule has 0 aliphatic heterocycles. The highest BCUT2D eigenvalue weighted by atomic mass is 32.2. The summed E-state index contributed by atoms with van der Waals surface area (Å²) in [6.07, 6.45) is 0. The summed E-state index contributed by atoms with van der Waals surface area (Å²) in [4.78, 5) is 0. The van der Waals surface area contributed by atoms with Crippen molar-refractivity contribution in [2.24, 2.45) is 5.14 Å². The number of hydrogen-bond donors (Lipinski definition) is 2. The van der Waals surface area contributed by atoms with Crippen LogP contribution in [0.15, 0.2) is 60.7 Å². The maximum Gasteiger partial charge on any atom is 0.330 e. The largest absolute Gasteiger partial charge is 0.330 e. The molecule has 0 amide bonds. The van der Waals surface area contributed by atoms with Crippen molar-refractivity contribution in [3.63, 3.8) is 0 Å². The van der Waals surface area contributed by atoms with Gasteiger partial charge in [0.15, 0.2) is 0 Å². The van der Waals surface area contributed by atoms with E-state index in [2.05, 4.69) is 53.7 Å². The minimum atomic E-state index is -4.17. The van der Waals surface area contributed by atoms with Crippen LogP contribution in [0.4, 0.5) is 0 Å². The summed E-state index contributed by atoms with van der Waals surface area (Å²) < 4.78 is 25.2. The number of benzene rings is 2. The van der Waals surface area contributed by atoms with Crippen LogP contribution in [0, 0.1) is 0 Å². The van der Waals surface area contributed by atoms with Gasteiger partial charge in [-0.15, -0.1) is 0 Å². The molecule has 4 nitrogen and oxygen atoms in total. The minimum absolute atomic E-state index is 1.28. The van der Waals surface area contributed by atoms with Crippen LogP contribution in [0.2, 0.25) is 0 Å². The van der Waals surface area contributed by atoms with Gasteiger partial charge < -0.3 is 0 Å². The SMILES string of the molecule is NS(=O)(=O)O.c1ccc(-c2ccccc2)cc1. The van der Waals surface area contributed by atoms with Crippen LogP contribution < -0.4 is 5.14 Å². The van der Waals surface area contributed by atoms with Crippen LogP contribution >= 0.6 is 0 Å². The smallest absolute Gasteiger partial charge is 0.274 e. The van der Waals surface area contributed by atoms with E-state index in [-0.39, 0.29) is 0 Å². The first-order valence-corrected chi connectivity index (χ1v) is 6.33. The molecule has 0 aliphatic rings. The van der Waals surface area contributed by atoms with Crippen LogP contribution in [0.25, 0.3) is 11.1 Å². The molecule has 90 valence electrons. The average Bonchev–Trinajstić information content (AvgIpc) is 2.29. The predicted molar refractivity (Wildman–Crippen MR) is 67.6 cm³/mol. The molecule has 0 saturated carbocycles. The zero-order chi connectivity index (χ0) is 12.7. The molecule has 2 aromatic carbocycles. The molecule has 2 rings (SSSR count). The topological polar surface area (TPSA) is 80.4 Å². The van der Waals surface area contributed by atoms with Crippen molar-refractivity contribution in [2.45, 2.75) is 0 Å². The second-order valence-corrected chi connectivity index (χ2v) is 4.28. The van der Waals surface area contributed by atoms with Crippen LogP contribution in [-0.2, 0) is 10.3 Å². The monoisotopic (exact) mass is 251 g/mol. The second kappa shape index (κ2) is 6.15. The van der Waals surface area contributed by atoms with Gasteiger partial charge in [-0.2, -0.15) is 8.42 Å². The molecule has 0 fully saturated rings. The Balaban J connectivity index is 0.000000249. The van der Waals surface area contributed by atoms with Gasteiger partial charge in [0.2, 0.25) is 0 Å². The molecule has 2 aromatic rings. The van der Waals surface area contributed by atoms with Gasteiger partial charge in [0.25, 0.3) is 0 Å². The zero-order valence-electron chi connectivity index (χ0n) is 9.02. The van der Waals surface area contributed by atoms with Crippen molar-refractivity contribution in [3.05, 3.63) is 60.7 Å². The molecule has 0 saturated heterocycles. The number of rotatable bonds is 1. The van der Waals surface area contributed by atoms with Crippen molar-refractivity contribution in [3.8, 4) is 11.1 Å². The Morgan fingerprint density at radius 3 is 1.24 bits per heavy atom. The Hall–Kier alpha value is -1.69. The van der Waals surface area contributed by atoms with E-state index >= 15 is 0 Å². The van der Waals surface area contributed by atoms with Crippen LogP contribution in [0.3, 0.4) is 0 Å². The van der Waals surface area contributed by atoms with E-state index in [1.54, 1.807) is 0 Å². The molecule has 0 atom stereocenters. The van der Waals surface area contributed by atoms with Gasteiger partial charge in [-0.1, -0.05) is 60.7 Å². The lowest BCUT2D eigenvalue weighted by Gasteiger charge is -1.98. The van der Waals surface area contributed by atoms with Crippen molar-refractivity contribution >= 4 is 10.3 Å². The summed E-state index contributed by atoms with van der Waals surface area (Å²) in [6, 6.07) is 20.8. The Morgan fingerprint density at radius 1 is 0.765 bits per heavy atom. The molecule has 0 bridgehead atoms. The van der Waals surface area contributed by atoms with Crippen molar-refractivity contribution in [1.29, 1.82) is 0 Å². The van der Waals surface area contributed by atoms with Gasteiger partial charge in [0.1, 0.15) is 0 Å². The summed E-state index contributed by atoms with van der Waals surface area (Å²) in [7, 11) is -4.17. The van der Waals surface area contributed by atoms with Gasteiger partial charge in [-0.3, -0.25) is 4.55 Å². The van der Waals surface area contributed by atoms with Crippen molar-refractivity contribution in [2.75, 3.05) is 0 Å². The summed E-state index contributed by atoms with van der Waals surface area (Å²) in [5.41, 5.74) is 2.55. The molecule has 0 radical (unpaired) electrons. The molecule has 17 heavy (non-hydrogen) atoms. The average molecular weight is 251 g/mol. The van der Waals surface area contributed by atoms with Gasteiger partial charge in [-0.25, -0.2) is 5.14 Å². The number of nitrogens with two attached hydrogens (primary N) is 1. The fraction of sp³-hybridized carbons (Fsp3) is 0. The highest BCUT2D eigenvalue weighted by Gasteiger charge is 1.91. The van der Waals surface area contributed by atoms with Crippen LogP contribution in [0.1, 0.15) is 0 Å². The summed E-state index contributed by atoms with van der Waals surface area (Å²) >= 11 is 0. The Bertz CT molecular complexity index is 493. The lowest BCUT2D eigenvalue weighted by molar-refractivity contribution is 0.485. The second-order valence-electron chi connectivity index (χ2n) is 3.25. The summed E-state index contributed by atoms with van der Waals surface area (Å²) in [5, 5.41) is 3.88. The fourth-order valence-electron chi connectivity index (χ4n) is 1.26. The van der Waals surface area contributed by atoms with Gasteiger partial charge in [0.05, 0.1) is 0 Å². The first-order valence-electron chi connectivity index (χ1n) is 4.82. The fourth-order valence-corrected chi connectivity index (χ4v) is 1.26. The highest BCUT2D eigenvalue weighted by molar-refractivity contribution is 7.83. The number of hydrogen-bond acceptors (Lipinski definition) is 2. The van der Waals surface area contributed by atoms with Gasteiger partial charge in [0, 0.05) is 0 Å². The van der Waals surface area contributed by atoms with E-state index in [9.17, 15) is 0 Å². The van der Waals surface area contributed by atoms with E-state index in [0.717, 1.165) is 0 Å². The Kier molecular flexibility index (Phi) is 4.84. The molecule has 5 heteroatoms. The lowest BCUT2D eigenvalue weighted by atomic mass is 10.1. The minimum Gasteiger partial charge on any atom is -0.274 e. The molecular formula is C12H13NO3S. The van der Waals surface area contributed by atoms with Crippen LogP contribution in [0.5, 0.6) is 0 Å². The Labute approximate surface area is 101 Å². The summed E-state index contributed by atoms with van der Waals surface area (Å²) in [5.74, 6) is 0. The van der Waals surface area contributed by atoms with Gasteiger partial charge in [-0.05, 0) is 11.1 Å². The first-order chi connectivity index (χ1) is 7.97. The zero-order valence-corrected chi connectivity index (χ0v) is 9.84. The summed E-state index contributed by atoms with van der Waals surface area (Å²) in [6.45, 7) is 0. The van der Waals surface area contributed by atoms with E-state index in [1.807, 2.05) is 12.1 Å². The third-order valence-electron chi connectivity index (χ3n) is 1.88. The maximum atomic E-state index is 8.97. The Morgan fingerprint density at radius 2 is 1.00 bits per heavy atom. The molecule has 3 N–H and O–H groups in total. The van der Waals surface area contributed by atoms with Crippen molar-refractivity contribution in [1.82, 2.24) is 0 Å². The molecular weight excluding hydrogens is 238 g/mol. The lowest BCUT2D eigenvalue weighted by Crippen LogP contribution is -2.08. The molecule has 0 aliphatic carbocycles. The molecule has 0 unspecified atom stereocenters. The van der Waals surface area contributed by atoms with E-state index in [0.29, 0.717) is 0 Å². The quantitative estimate of drug-likeness (QED) is 0.762. The van der Waals surface area contributed by atoms with Crippen molar-refractivity contribution < 1.29 is 13.0 Å². The molecule has 0 heterocycles. The van der Waals surface area contributed by atoms with E-state index in [4.69, 9.17) is 13.0 Å². The molecule has 0 spiro atoms. The van der Waals surface area contributed by atoms with E-state index < -0.39 is 10.3 Å². The standard InChI is InChI=1S/C12H10.H3NO3S/c1-3-7-11(8-4-1)12-9-5-2-6-10-12;1-5(2,3)4/h1-10H;(H3,1,2,3,4). The predicted octanol–water partition coefficient (Wildman–Crippen LogP) is 2.10. The molecule has 0 aromatic heterocycles. The van der Waals surface area contributed by atoms with Gasteiger partial charge >= 0.3 is 10.3 Å². The normalized spacial score (nSPS) is 10.2.